The summed E-state index contributed by atoms with van der Waals surface area (Å²) in [5.74, 6) is 2.05. The predicted octanol–water partition coefficient (Wildman–Crippen LogP) is 2.48. The van der Waals surface area contributed by atoms with Gasteiger partial charge in [0.1, 0.15) is 6.61 Å². The van der Waals surface area contributed by atoms with Crippen molar-refractivity contribution in [3.8, 4) is 23.0 Å². The van der Waals surface area contributed by atoms with Crippen LogP contribution in [-0.2, 0) is 4.79 Å². The molecule has 0 radical (unpaired) electrons. The number of carbonyl (C=O) groups excluding carboxylic acids is 1. The van der Waals surface area contributed by atoms with Crippen LogP contribution >= 0.6 is 0 Å². The molecule has 0 aromatic heterocycles. The van der Waals surface area contributed by atoms with Gasteiger partial charge in [0.05, 0.1) is 14.2 Å². The molecule has 0 spiro atoms. The number of para-hydroxylation sites is 2. The number of rotatable bonds is 4. The molecule has 0 fully saturated rings. The molecule has 0 unspecified atom stereocenters. The van der Waals surface area contributed by atoms with Gasteiger partial charge in [-0.2, -0.15) is 0 Å². The van der Waals surface area contributed by atoms with E-state index in [0.29, 0.717) is 28.7 Å². The highest BCUT2D eigenvalue weighted by Crippen LogP contribution is 2.32. The number of anilines is 1. The molecule has 23 heavy (non-hydrogen) atoms. The van der Waals surface area contributed by atoms with Gasteiger partial charge in [-0.15, -0.1) is 0 Å². The van der Waals surface area contributed by atoms with E-state index in [0.717, 1.165) is 0 Å². The van der Waals surface area contributed by atoms with Crippen molar-refractivity contribution in [1.82, 2.24) is 0 Å². The first-order chi connectivity index (χ1) is 11.2. The second kappa shape index (κ2) is 6.48. The lowest BCUT2D eigenvalue weighted by atomic mass is 10.2. The van der Waals surface area contributed by atoms with Crippen molar-refractivity contribution in [2.45, 2.75) is 6.10 Å². The Morgan fingerprint density at radius 2 is 1.83 bits per heavy atom. The summed E-state index contributed by atoms with van der Waals surface area (Å²) in [6.07, 6.45) is -0.710. The van der Waals surface area contributed by atoms with Gasteiger partial charge in [0.2, 0.25) is 6.10 Å². The van der Waals surface area contributed by atoms with Crippen LogP contribution in [0, 0.1) is 0 Å². The first kappa shape index (κ1) is 15.0. The molecule has 0 saturated heterocycles. The molecule has 2 aromatic rings. The molecule has 1 aliphatic heterocycles. The Bertz CT molecular complexity index is 716. The largest absolute Gasteiger partial charge is 0.493 e. The van der Waals surface area contributed by atoms with E-state index in [2.05, 4.69) is 5.32 Å². The molecule has 1 atom stereocenters. The summed E-state index contributed by atoms with van der Waals surface area (Å²) in [5.41, 5.74) is 0.593. The first-order valence-electron chi connectivity index (χ1n) is 7.12. The van der Waals surface area contributed by atoms with Gasteiger partial charge in [0.15, 0.2) is 23.0 Å². The summed E-state index contributed by atoms with van der Waals surface area (Å²) in [6.45, 7) is 0.163. The number of hydrogen-bond donors (Lipinski definition) is 1. The molecule has 2 aromatic carbocycles. The fraction of sp³-hybridized carbons (Fsp3) is 0.235. The standard InChI is InChI=1S/C17H17NO5/c1-20-12-8-7-11(9-15(12)21-2)18-17(19)16-10-22-13-5-3-4-6-14(13)23-16/h3-9,16H,10H2,1-2H3,(H,18,19)/t16-/m1/s1. The number of amides is 1. The molecule has 0 saturated carbocycles. The van der Waals surface area contributed by atoms with E-state index in [-0.39, 0.29) is 12.5 Å². The maximum absolute atomic E-state index is 12.3. The monoisotopic (exact) mass is 315 g/mol. The lowest BCUT2D eigenvalue weighted by molar-refractivity contribution is -0.125. The number of hydrogen-bond acceptors (Lipinski definition) is 5. The molecular formula is C17H17NO5. The molecule has 120 valence electrons. The van der Waals surface area contributed by atoms with Crippen LogP contribution in [0.5, 0.6) is 23.0 Å². The Hall–Kier alpha value is -2.89. The normalized spacial score (nSPS) is 15.7. The molecule has 0 bridgehead atoms. The second-order valence-electron chi connectivity index (χ2n) is 4.92. The van der Waals surface area contributed by atoms with Crippen LogP contribution in [-0.4, -0.2) is 32.8 Å². The van der Waals surface area contributed by atoms with Crippen LogP contribution in [0.25, 0.3) is 0 Å². The molecule has 3 rings (SSSR count). The van der Waals surface area contributed by atoms with Gasteiger partial charge in [0, 0.05) is 11.8 Å². The van der Waals surface area contributed by atoms with E-state index in [4.69, 9.17) is 18.9 Å². The zero-order chi connectivity index (χ0) is 16.2. The Balaban J connectivity index is 1.70. The van der Waals surface area contributed by atoms with Gasteiger partial charge in [-0.05, 0) is 24.3 Å². The van der Waals surface area contributed by atoms with E-state index >= 15 is 0 Å². The van der Waals surface area contributed by atoms with Gasteiger partial charge < -0.3 is 24.3 Å². The summed E-state index contributed by atoms with van der Waals surface area (Å²) in [6, 6.07) is 12.4. The van der Waals surface area contributed by atoms with Crippen molar-refractivity contribution in [1.29, 1.82) is 0 Å². The summed E-state index contributed by atoms with van der Waals surface area (Å²) >= 11 is 0. The third kappa shape index (κ3) is 3.15. The Labute approximate surface area is 133 Å². The first-order valence-corrected chi connectivity index (χ1v) is 7.12. The lowest BCUT2D eigenvalue weighted by Gasteiger charge is -2.25. The summed E-state index contributed by atoms with van der Waals surface area (Å²) < 4.78 is 21.6. The SMILES string of the molecule is COc1ccc(NC(=O)[C@H]2COc3ccccc3O2)cc1OC. The van der Waals surface area contributed by atoms with E-state index in [1.165, 1.54) is 0 Å². The maximum atomic E-state index is 12.3. The van der Waals surface area contributed by atoms with E-state index in [1.807, 2.05) is 12.1 Å². The highest BCUT2D eigenvalue weighted by Gasteiger charge is 2.27. The third-order valence-electron chi connectivity index (χ3n) is 3.45. The zero-order valence-electron chi connectivity index (χ0n) is 12.9. The van der Waals surface area contributed by atoms with Crippen LogP contribution in [0.2, 0.25) is 0 Å². The molecule has 1 heterocycles. The minimum atomic E-state index is -0.710. The Kier molecular flexibility index (Phi) is 4.23. The number of benzene rings is 2. The van der Waals surface area contributed by atoms with Crippen molar-refractivity contribution >= 4 is 11.6 Å². The Morgan fingerprint density at radius 3 is 2.57 bits per heavy atom. The van der Waals surface area contributed by atoms with Crippen LogP contribution in [0.3, 0.4) is 0 Å². The zero-order valence-corrected chi connectivity index (χ0v) is 12.9. The quantitative estimate of drug-likeness (QED) is 0.939. The molecule has 6 nitrogen and oxygen atoms in total. The maximum Gasteiger partial charge on any atom is 0.269 e. The van der Waals surface area contributed by atoms with Gasteiger partial charge in [0.25, 0.3) is 5.91 Å². The molecule has 0 aliphatic carbocycles. The van der Waals surface area contributed by atoms with E-state index in [9.17, 15) is 4.79 Å². The van der Waals surface area contributed by atoms with Crippen LogP contribution in [0.4, 0.5) is 5.69 Å². The topological polar surface area (TPSA) is 66.0 Å². The van der Waals surface area contributed by atoms with Gasteiger partial charge in [-0.1, -0.05) is 12.1 Å². The van der Waals surface area contributed by atoms with E-state index < -0.39 is 6.10 Å². The number of methoxy groups -OCH3 is 2. The van der Waals surface area contributed by atoms with Crippen LogP contribution in [0.1, 0.15) is 0 Å². The fourth-order valence-corrected chi connectivity index (χ4v) is 2.29. The summed E-state index contributed by atoms with van der Waals surface area (Å²) in [5, 5.41) is 2.79. The Morgan fingerprint density at radius 1 is 1.09 bits per heavy atom. The molecule has 1 amide bonds. The van der Waals surface area contributed by atoms with Gasteiger partial charge >= 0.3 is 0 Å². The van der Waals surface area contributed by atoms with Crippen molar-refractivity contribution in [2.75, 3.05) is 26.1 Å². The number of nitrogens with one attached hydrogen (secondary N) is 1. The lowest BCUT2D eigenvalue weighted by Crippen LogP contribution is -2.40. The number of ether oxygens (including phenoxy) is 4. The van der Waals surface area contributed by atoms with Gasteiger partial charge in [-0.3, -0.25) is 4.79 Å². The van der Waals surface area contributed by atoms with Crippen molar-refractivity contribution < 1.29 is 23.7 Å². The summed E-state index contributed by atoms with van der Waals surface area (Å²) in [7, 11) is 3.10. The average Bonchev–Trinajstić information content (AvgIpc) is 2.61. The van der Waals surface area contributed by atoms with Crippen molar-refractivity contribution in [3.63, 3.8) is 0 Å². The summed E-state index contributed by atoms with van der Waals surface area (Å²) in [4.78, 5) is 12.3. The highest BCUT2D eigenvalue weighted by molar-refractivity contribution is 5.95. The van der Waals surface area contributed by atoms with Crippen LogP contribution < -0.4 is 24.3 Å². The molecule has 1 aliphatic rings. The molecule has 6 heteroatoms. The predicted molar refractivity (Wildman–Crippen MR) is 84.5 cm³/mol. The van der Waals surface area contributed by atoms with Crippen molar-refractivity contribution in [3.05, 3.63) is 42.5 Å². The smallest absolute Gasteiger partial charge is 0.269 e. The fourth-order valence-electron chi connectivity index (χ4n) is 2.29. The minimum Gasteiger partial charge on any atom is -0.493 e. The third-order valence-corrected chi connectivity index (χ3v) is 3.45. The average molecular weight is 315 g/mol. The minimum absolute atomic E-state index is 0.163. The number of fused-ring (bicyclic) bond motifs is 1. The molecular weight excluding hydrogens is 298 g/mol. The van der Waals surface area contributed by atoms with Crippen LogP contribution in [0.15, 0.2) is 42.5 Å². The second-order valence-corrected chi connectivity index (χ2v) is 4.92. The number of carbonyl (C=O) groups is 1. The van der Waals surface area contributed by atoms with Gasteiger partial charge in [-0.25, -0.2) is 0 Å². The van der Waals surface area contributed by atoms with E-state index in [1.54, 1.807) is 44.6 Å². The van der Waals surface area contributed by atoms with Crippen molar-refractivity contribution in [2.24, 2.45) is 0 Å². The highest BCUT2D eigenvalue weighted by atomic mass is 16.6. The molecule has 1 N–H and O–H groups in total.